The van der Waals surface area contributed by atoms with E-state index in [1.807, 2.05) is 0 Å². The van der Waals surface area contributed by atoms with Gasteiger partial charge in [-0.1, -0.05) is 12.5 Å². The Balaban J connectivity index is 1.97. The molecule has 0 spiro atoms. The first-order chi connectivity index (χ1) is 14.0. The van der Waals surface area contributed by atoms with Crippen molar-refractivity contribution in [3.05, 3.63) is 51.9 Å². The molecule has 1 heterocycles. The molecular formula is C22H26N2O4S. The van der Waals surface area contributed by atoms with Gasteiger partial charge in [-0.2, -0.15) is 0 Å². The van der Waals surface area contributed by atoms with E-state index in [-0.39, 0.29) is 5.91 Å². The van der Waals surface area contributed by atoms with Crippen LogP contribution < -0.4 is 20.5 Å². The lowest BCUT2D eigenvalue weighted by atomic mass is 10.0. The smallest absolute Gasteiger partial charge is 0.256 e. The molecule has 1 aliphatic carbocycles. The van der Waals surface area contributed by atoms with Crippen LogP contribution in [0.2, 0.25) is 0 Å². The summed E-state index contributed by atoms with van der Waals surface area (Å²) < 4.78 is 10.8. The van der Waals surface area contributed by atoms with Crippen molar-refractivity contribution >= 4 is 28.2 Å². The SMILES string of the molecule is C=CCc1cc(C(=O)Nc2sc3c(c2C(N)=O)CCCCC3)cc(OC)c1OC. The van der Waals surface area contributed by atoms with E-state index in [9.17, 15) is 9.59 Å². The van der Waals surface area contributed by atoms with Crippen LogP contribution in [0, 0.1) is 0 Å². The highest BCUT2D eigenvalue weighted by molar-refractivity contribution is 7.17. The lowest BCUT2D eigenvalue weighted by Crippen LogP contribution is -2.18. The van der Waals surface area contributed by atoms with Crippen molar-refractivity contribution in [1.82, 2.24) is 0 Å². The van der Waals surface area contributed by atoms with Gasteiger partial charge in [0.2, 0.25) is 0 Å². The number of rotatable bonds is 7. The summed E-state index contributed by atoms with van der Waals surface area (Å²) in [6, 6.07) is 3.38. The number of nitrogens with two attached hydrogens (primary N) is 1. The maximum Gasteiger partial charge on any atom is 0.256 e. The average Bonchev–Trinajstić information content (AvgIpc) is 2.88. The van der Waals surface area contributed by atoms with Gasteiger partial charge in [-0.3, -0.25) is 9.59 Å². The standard InChI is InChI=1S/C22H26N2O4S/c1-4-8-13-11-14(12-16(27-2)19(13)28-3)21(26)24-22-18(20(23)25)15-9-6-5-7-10-17(15)29-22/h4,11-12H,1,5-10H2,2-3H3,(H2,23,25)(H,24,26). The first-order valence-corrected chi connectivity index (χ1v) is 10.4. The summed E-state index contributed by atoms with van der Waals surface area (Å²) in [7, 11) is 3.08. The molecule has 154 valence electrons. The summed E-state index contributed by atoms with van der Waals surface area (Å²) in [5.41, 5.74) is 8.32. The minimum atomic E-state index is -0.501. The average molecular weight is 415 g/mol. The molecule has 2 amide bonds. The third-order valence-electron chi connectivity index (χ3n) is 5.08. The van der Waals surface area contributed by atoms with Crippen LogP contribution in [0.1, 0.15) is 56.0 Å². The third-order valence-corrected chi connectivity index (χ3v) is 6.28. The van der Waals surface area contributed by atoms with Crippen LogP contribution in [-0.4, -0.2) is 26.0 Å². The molecule has 0 saturated heterocycles. The summed E-state index contributed by atoms with van der Waals surface area (Å²) in [4.78, 5) is 26.3. The van der Waals surface area contributed by atoms with Gasteiger partial charge in [-0.15, -0.1) is 17.9 Å². The van der Waals surface area contributed by atoms with E-state index < -0.39 is 5.91 Å². The van der Waals surface area contributed by atoms with E-state index in [0.717, 1.165) is 48.1 Å². The number of methoxy groups -OCH3 is 2. The molecule has 0 unspecified atom stereocenters. The van der Waals surface area contributed by atoms with Gasteiger partial charge in [0.1, 0.15) is 5.00 Å². The Morgan fingerprint density at radius 2 is 1.97 bits per heavy atom. The summed E-state index contributed by atoms with van der Waals surface area (Å²) in [6.07, 6.45) is 7.24. The lowest BCUT2D eigenvalue weighted by Gasteiger charge is -2.14. The number of carbonyl (C=O) groups excluding carboxylic acids is 2. The van der Waals surface area contributed by atoms with Gasteiger partial charge in [0.25, 0.3) is 11.8 Å². The van der Waals surface area contributed by atoms with Crippen LogP contribution in [0.4, 0.5) is 5.00 Å². The highest BCUT2D eigenvalue weighted by Gasteiger charge is 2.25. The zero-order chi connectivity index (χ0) is 21.0. The first kappa shape index (κ1) is 20.9. The number of fused-ring (bicyclic) bond motifs is 1. The van der Waals surface area contributed by atoms with E-state index in [1.54, 1.807) is 25.3 Å². The number of hydrogen-bond donors (Lipinski definition) is 2. The fourth-order valence-corrected chi connectivity index (χ4v) is 5.04. The molecule has 6 nitrogen and oxygen atoms in total. The number of amides is 2. The van der Waals surface area contributed by atoms with Crippen LogP contribution >= 0.6 is 11.3 Å². The van der Waals surface area contributed by atoms with Crippen LogP contribution in [0.5, 0.6) is 11.5 Å². The number of nitrogens with one attached hydrogen (secondary N) is 1. The van der Waals surface area contributed by atoms with Crippen molar-refractivity contribution in [1.29, 1.82) is 0 Å². The Bertz CT molecular complexity index is 949. The minimum Gasteiger partial charge on any atom is -0.493 e. The van der Waals surface area contributed by atoms with E-state index in [2.05, 4.69) is 11.9 Å². The second kappa shape index (κ2) is 9.13. The first-order valence-electron chi connectivity index (χ1n) is 9.61. The molecule has 7 heteroatoms. The van der Waals surface area contributed by atoms with Gasteiger partial charge in [0, 0.05) is 16.0 Å². The number of allylic oxidation sites excluding steroid dienone is 1. The number of ether oxygens (including phenoxy) is 2. The highest BCUT2D eigenvalue weighted by atomic mass is 32.1. The Hall–Kier alpha value is -2.80. The zero-order valence-corrected chi connectivity index (χ0v) is 17.6. The summed E-state index contributed by atoms with van der Waals surface area (Å²) in [5.74, 6) is 0.216. The Labute approximate surface area is 174 Å². The van der Waals surface area contributed by atoms with E-state index in [1.165, 1.54) is 18.4 Å². The Morgan fingerprint density at radius 3 is 2.62 bits per heavy atom. The maximum absolute atomic E-state index is 13.0. The molecule has 1 aliphatic rings. The molecule has 0 saturated carbocycles. The predicted molar refractivity (Wildman–Crippen MR) is 115 cm³/mol. The van der Waals surface area contributed by atoms with Crippen molar-refractivity contribution in [3.8, 4) is 11.5 Å². The molecule has 29 heavy (non-hydrogen) atoms. The molecule has 0 radical (unpaired) electrons. The number of hydrogen-bond acceptors (Lipinski definition) is 5. The summed E-state index contributed by atoms with van der Waals surface area (Å²) in [5, 5.41) is 3.42. The van der Waals surface area contributed by atoms with Gasteiger partial charge >= 0.3 is 0 Å². The third kappa shape index (κ3) is 4.29. The van der Waals surface area contributed by atoms with Crippen molar-refractivity contribution in [2.24, 2.45) is 5.73 Å². The fraction of sp³-hybridized carbons (Fsp3) is 0.364. The number of carbonyl (C=O) groups is 2. The lowest BCUT2D eigenvalue weighted by molar-refractivity contribution is 0.100. The number of aryl methyl sites for hydroxylation is 1. The second-order valence-electron chi connectivity index (χ2n) is 6.95. The largest absolute Gasteiger partial charge is 0.493 e. The summed E-state index contributed by atoms with van der Waals surface area (Å²) in [6.45, 7) is 3.76. The zero-order valence-electron chi connectivity index (χ0n) is 16.8. The monoisotopic (exact) mass is 414 g/mol. The van der Waals surface area contributed by atoms with E-state index in [0.29, 0.717) is 34.0 Å². The molecule has 1 aromatic carbocycles. The predicted octanol–water partition coefficient (Wildman–Crippen LogP) is 4.11. The van der Waals surface area contributed by atoms with Gasteiger partial charge in [-0.25, -0.2) is 0 Å². The number of anilines is 1. The van der Waals surface area contributed by atoms with E-state index in [4.69, 9.17) is 15.2 Å². The van der Waals surface area contributed by atoms with Crippen molar-refractivity contribution < 1.29 is 19.1 Å². The minimum absolute atomic E-state index is 0.324. The van der Waals surface area contributed by atoms with E-state index >= 15 is 0 Å². The van der Waals surface area contributed by atoms with Gasteiger partial charge in [-0.05, 0) is 49.8 Å². The molecule has 0 fully saturated rings. The quantitative estimate of drug-likeness (QED) is 0.527. The second-order valence-corrected chi connectivity index (χ2v) is 8.06. The number of thiophene rings is 1. The molecule has 0 atom stereocenters. The topological polar surface area (TPSA) is 90.7 Å². The van der Waals surface area contributed by atoms with Crippen LogP contribution in [0.25, 0.3) is 0 Å². The molecular weight excluding hydrogens is 388 g/mol. The molecule has 0 aliphatic heterocycles. The molecule has 2 aromatic rings. The van der Waals surface area contributed by atoms with Crippen molar-refractivity contribution in [2.45, 2.75) is 38.5 Å². The van der Waals surface area contributed by atoms with Gasteiger partial charge < -0.3 is 20.5 Å². The molecule has 1 aromatic heterocycles. The Morgan fingerprint density at radius 1 is 1.21 bits per heavy atom. The normalized spacial score (nSPS) is 13.2. The summed E-state index contributed by atoms with van der Waals surface area (Å²) >= 11 is 1.45. The highest BCUT2D eigenvalue weighted by Crippen LogP contribution is 2.38. The van der Waals surface area contributed by atoms with Crippen LogP contribution in [0.15, 0.2) is 24.8 Å². The maximum atomic E-state index is 13.0. The molecule has 0 bridgehead atoms. The number of primary amides is 1. The van der Waals surface area contributed by atoms with Gasteiger partial charge in [0.15, 0.2) is 11.5 Å². The molecule has 3 rings (SSSR count). The van der Waals surface area contributed by atoms with Crippen molar-refractivity contribution in [3.63, 3.8) is 0 Å². The van der Waals surface area contributed by atoms with Crippen LogP contribution in [-0.2, 0) is 19.3 Å². The number of benzene rings is 1. The van der Waals surface area contributed by atoms with Crippen LogP contribution in [0.3, 0.4) is 0 Å². The van der Waals surface area contributed by atoms with Gasteiger partial charge in [0.05, 0.1) is 19.8 Å². The fourth-order valence-electron chi connectivity index (χ4n) is 3.75. The molecule has 3 N–H and O–H groups in total. The van der Waals surface area contributed by atoms with Crippen molar-refractivity contribution in [2.75, 3.05) is 19.5 Å². The Kier molecular flexibility index (Phi) is 6.59.